The van der Waals surface area contributed by atoms with Crippen LogP contribution in [0, 0.1) is 12.8 Å². The number of nitrogens with one attached hydrogen (secondary N) is 2. The van der Waals surface area contributed by atoms with Gasteiger partial charge in [0.05, 0.1) is 11.7 Å². The number of nitrogens with zero attached hydrogens (tertiary/aromatic N) is 1. The van der Waals surface area contributed by atoms with E-state index >= 15 is 0 Å². The lowest BCUT2D eigenvalue weighted by Crippen LogP contribution is -2.45. The summed E-state index contributed by atoms with van der Waals surface area (Å²) in [7, 11) is 0. The number of hydrogen-bond donors (Lipinski definition) is 2. The summed E-state index contributed by atoms with van der Waals surface area (Å²) in [5, 5.41) is 6.40. The van der Waals surface area contributed by atoms with Crippen molar-refractivity contribution in [2.24, 2.45) is 5.92 Å². The minimum Gasteiger partial charge on any atom is -0.322 e. The highest BCUT2D eigenvalue weighted by atomic mass is 35.5. The highest BCUT2D eigenvalue weighted by molar-refractivity contribution is 6.32. The first kappa shape index (κ1) is 13.3. The molecule has 0 bridgehead atoms. The van der Waals surface area contributed by atoms with Gasteiger partial charge in [0.1, 0.15) is 0 Å². The van der Waals surface area contributed by atoms with Gasteiger partial charge in [-0.3, -0.25) is 4.79 Å². The van der Waals surface area contributed by atoms with Gasteiger partial charge in [0.25, 0.3) is 0 Å². The number of anilines is 1. The molecule has 2 unspecified atom stereocenters. The van der Waals surface area contributed by atoms with Crippen LogP contribution in [0.1, 0.15) is 25.3 Å². The first-order valence-corrected chi connectivity index (χ1v) is 6.60. The Bertz CT molecular complexity index is 450. The lowest BCUT2D eigenvalue weighted by molar-refractivity contribution is -0.119. The van der Waals surface area contributed by atoms with Crippen molar-refractivity contribution in [2.45, 2.75) is 32.7 Å². The van der Waals surface area contributed by atoms with Crippen molar-refractivity contribution in [1.29, 1.82) is 0 Å². The van der Waals surface area contributed by atoms with Gasteiger partial charge in [0.2, 0.25) is 5.91 Å². The number of amides is 1. The van der Waals surface area contributed by atoms with Gasteiger partial charge in [-0.15, -0.1) is 0 Å². The molecule has 98 valence electrons. The zero-order valence-corrected chi connectivity index (χ0v) is 11.4. The van der Waals surface area contributed by atoms with Crippen LogP contribution in [-0.2, 0) is 4.79 Å². The molecule has 1 aliphatic heterocycles. The molecule has 0 spiro atoms. The van der Waals surface area contributed by atoms with E-state index in [4.69, 9.17) is 11.6 Å². The second-order valence-corrected chi connectivity index (χ2v) is 5.33. The molecule has 2 rings (SSSR count). The molecule has 1 amide bonds. The topological polar surface area (TPSA) is 54.0 Å². The molecule has 0 aromatic carbocycles. The second-order valence-electron chi connectivity index (χ2n) is 4.98. The molecule has 2 heterocycles. The molecular formula is C13H18ClN3O. The van der Waals surface area contributed by atoms with Crippen molar-refractivity contribution in [3.05, 3.63) is 23.0 Å². The molecule has 0 saturated carbocycles. The summed E-state index contributed by atoms with van der Waals surface area (Å²) in [4.78, 5) is 16.1. The van der Waals surface area contributed by atoms with Crippen LogP contribution in [0.25, 0.3) is 0 Å². The molecule has 5 heteroatoms. The van der Waals surface area contributed by atoms with Gasteiger partial charge in [-0.2, -0.15) is 0 Å². The first-order valence-electron chi connectivity index (χ1n) is 6.22. The largest absolute Gasteiger partial charge is 0.322 e. The molecule has 1 aliphatic rings. The average molecular weight is 268 g/mol. The maximum absolute atomic E-state index is 12.1. The van der Waals surface area contributed by atoms with Crippen molar-refractivity contribution in [2.75, 3.05) is 11.9 Å². The van der Waals surface area contributed by atoms with Crippen LogP contribution in [0.15, 0.2) is 12.3 Å². The van der Waals surface area contributed by atoms with Crippen LogP contribution in [0.2, 0.25) is 5.15 Å². The fourth-order valence-corrected chi connectivity index (χ4v) is 2.32. The number of aromatic nitrogens is 1. The number of carbonyl (C=O) groups excluding carboxylic acids is 1. The average Bonchev–Trinajstić information content (AvgIpc) is 2.34. The summed E-state index contributed by atoms with van der Waals surface area (Å²) >= 11 is 5.96. The molecule has 2 atom stereocenters. The Kier molecular flexibility index (Phi) is 4.19. The van der Waals surface area contributed by atoms with Crippen LogP contribution in [0.5, 0.6) is 0 Å². The summed E-state index contributed by atoms with van der Waals surface area (Å²) in [5.41, 5.74) is 1.56. The minimum atomic E-state index is -0.134. The summed E-state index contributed by atoms with van der Waals surface area (Å²) in [6, 6.07) is 1.70. The number of aryl methyl sites for hydroxylation is 1. The Morgan fingerprint density at radius 1 is 1.61 bits per heavy atom. The standard InChI is InChI=1S/C13H18ClN3O/c1-8-3-4-15-11(5-8)13(18)17-10-6-9(2)7-16-12(10)14/h6-8,11,15H,3-5H2,1-2H3,(H,17,18). The van der Waals surface area contributed by atoms with Gasteiger partial charge in [-0.1, -0.05) is 18.5 Å². The van der Waals surface area contributed by atoms with Crippen LogP contribution in [0.3, 0.4) is 0 Å². The lowest BCUT2D eigenvalue weighted by Gasteiger charge is -2.27. The van der Waals surface area contributed by atoms with Crippen LogP contribution in [-0.4, -0.2) is 23.5 Å². The van der Waals surface area contributed by atoms with Crippen molar-refractivity contribution in [3.63, 3.8) is 0 Å². The molecule has 1 saturated heterocycles. The first-order chi connectivity index (χ1) is 8.56. The number of carbonyl (C=O) groups is 1. The molecule has 0 radical (unpaired) electrons. The highest BCUT2D eigenvalue weighted by Crippen LogP contribution is 2.21. The van der Waals surface area contributed by atoms with E-state index in [1.807, 2.05) is 13.0 Å². The quantitative estimate of drug-likeness (QED) is 0.809. The minimum absolute atomic E-state index is 0.0316. The number of pyridine rings is 1. The fourth-order valence-electron chi connectivity index (χ4n) is 2.17. The molecule has 1 aromatic heterocycles. The van der Waals surface area contributed by atoms with E-state index in [-0.39, 0.29) is 11.9 Å². The van der Waals surface area contributed by atoms with Crippen LogP contribution >= 0.6 is 11.6 Å². The summed E-state index contributed by atoms with van der Waals surface area (Å²) in [6.45, 7) is 4.97. The monoisotopic (exact) mass is 267 g/mol. The van der Waals surface area contributed by atoms with Gasteiger partial charge < -0.3 is 10.6 Å². The van der Waals surface area contributed by atoms with Crippen LogP contribution in [0.4, 0.5) is 5.69 Å². The van der Waals surface area contributed by atoms with Crippen LogP contribution < -0.4 is 10.6 Å². The Morgan fingerprint density at radius 3 is 3.11 bits per heavy atom. The molecular weight excluding hydrogens is 250 g/mol. The summed E-state index contributed by atoms with van der Waals surface area (Å²) in [5.74, 6) is 0.545. The third-order valence-electron chi connectivity index (χ3n) is 3.22. The number of hydrogen-bond acceptors (Lipinski definition) is 3. The third-order valence-corrected chi connectivity index (χ3v) is 3.52. The SMILES string of the molecule is Cc1cnc(Cl)c(NC(=O)C2CC(C)CCN2)c1. The second kappa shape index (κ2) is 5.67. The van der Waals surface area contributed by atoms with E-state index in [9.17, 15) is 4.79 Å². The normalized spacial score (nSPS) is 23.7. The maximum atomic E-state index is 12.1. The number of rotatable bonds is 2. The maximum Gasteiger partial charge on any atom is 0.241 e. The zero-order valence-electron chi connectivity index (χ0n) is 10.7. The van der Waals surface area contributed by atoms with Crippen molar-refractivity contribution in [3.8, 4) is 0 Å². The Hall–Kier alpha value is -1.13. The van der Waals surface area contributed by atoms with E-state index in [0.29, 0.717) is 16.8 Å². The predicted molar refractivity (Wildman–Crippen MR) is 72.8 cm³/mol. The Balaban J connectivity index is 2.04. The van der Waals surface area contributed by atoms with E-state index < -0.39 is 0 Å². The molecule has 1 aromatic rings. The van der Waals surface area contributed by atoms with Crippen molar-refractivity contribution >= 4 is 23.2 Å². The van der Waals surface area contributed by atoms with E-state index in [2.05, 4.69) is 22.5 Å². The van der Waals surface area contributed by atoms with E-state index in [0.717, 1.165) is 24.9 Å². The van der Waals surface area contributed by atoms with Crippen molar-refractivity contribution in [1.82, 2.24) is 10.3 Å². The summed E-state index contributed by atoms with van der Waals surface area (Å²) in [6.07, 6.45) is 3.66. The van der Waals surface area contributed by atoms with E-state index in [1.165, 1.54) is 0 Å². The molecule has 4 nitrogen and oxygen atoms in total. The highest BCUT2D eigenvalue weighted by Gasteiger charge is 2.24. The molecule has 18 heavy (non-hydrogen) atoms. The van der Waals surface area contributed by atoms with E-state index in [1.54, 1.807) is 6.20 Å². The number of halogens is 1. The fraction of sp³-hybridized carbons (Fsp3) is 0.538. The van der Waals surface area contributed by atoms with Gasteiger partial charge in [-0.05, 0) is 43.9 Å². The van der Waals surface area contributed by atoms with Gasteiger partial charge in [0, 0.05) is 6.20 Å². The Morgan fingerprint density at radius 2 is 2.39 bits per heavy atom. The molecule has 0 aliphatic carbocycles. The molecule has 2 N–H and O–H groups in total. The van der Waals surface area contributed by atoms with Gasteiger partial charge >= 0.3 is 0 Å². The van der Waals surface area contributed by atoms with Gasteiger partial charge in [-0.25, -0.2) is 4.98 Å². The smallest absolute Gasteiger partial charge is 0.241 e. The van der Waals surface area contributed by atoms with Crippen molar-refractivity contribution < 1.29 is 4.79 Å². The lowest BCUT2D eigenvalue weighted by atomic mass is 9.94. The Labute approximate surface area is 112 Å². The molecule has 1 fully saturated rings. The third kappa shape index (κ3) is 3.21. The summed E-state index contributed by atoms with van der Waals surface area (Å²) < 4.78 is 0. The zero-order chi connectivity index (χ0) is 13.1. The van der Waals surface area contributed by atoms with Gasteiger partial charge in [0.15, 0.2) is 5.15 Å². The predicted octanol–water partition coefficient (Wildman–Crippen LogP) is 2.37. The number of piperidine rings is 1.